The van der Waals surface area contributed by atoms with Crippen LogP contribution in [0.15, 0.2) is 61.2 Å². The summed E-state index contributed by atoms with van der Waals surface area (Å²) in [5.74, 6) is 0.250. The minimum Gasteiger partial charge on any atom is -0.387 e. The summed E-state index contributed by atoms with van der Waals surface area (Å²) in [6.45, 7) is 1.81. The first-order chi connectivity index (χ1) is 16.6. The number of fused-ring (bicyclic) bond motifs is 4. The van der Waals surface area contributed by atoms with E-state index in [4.69, 9.17) is 10.5 Å². The fourth-order valence-electron chi connectivity index (χ4n) is 4.86. The van der Waals surface area contributed by atoms with Gasteiger partial charge in [-0.05, 0) is 12.1 Å². The smallest absolute Gasteiger partial charge is 0.167 e. The van der Waals surface area contributed by atoms with Crippen LogP contribution in [0.4, 0.5) is 5.82 Å². The third-order valence-electron chi connectivity index (χ3n) is 6.54. The fourth-order valence-corrected chi connectivity index (χ4v) is 4.86. The lowest BCUT2D eigenvalue weighted by atomic mass is 10.1. The SMILES string of the molecule is Nc1ncnc2c1ncn2C1OC(CNCCn2c3ccccc3c3ccccc32)C(O)C1O. The van der Waals surface area contributed by atoms with Crippen molar-refractivity contribution in [3.63, 3.8) is 0 Å². The second-order valence-electron chi connectivity index (χ2n) is 8.52. The maximum Gasteiger partial charge on any atom is 0.167 e. The van der Waals surface area contributed by atoms with Crippen LogP contribution in [0, 0.1) is 0 Å². The standard InChI is InChI=1S/C24H25N7O3/c25-22-19-23(28-12-27-22)31(13-29-19)24-21(33)20(32)18(34-24)11-26-9-10-30-16-7-3-1-5-14(16)15-6-2-4-8-17(15)30/h1-8,12-13,18,20-21,24,26,32-33H,9-11H2,(H2,25,27,28). The molecule has 5 N–H and O–H groups in total. The monoisotopic (exact) mass is 459 g/mol. The highest BCUT2D eigenvalue weighted by Gasteiger charge is 2.44. The fraction of sp³-hybridized carbons (Fsp3) is 0.292. The summed E-state index contributed by atoms with van der Waals surface area (Å²) >= 11 is 0. The zero-order valence-electron chi connectivity index (χ0n) is 18.3. The number of aliphatic hydroxyl groups is 2. The van der Waals surface area contributed by atoms with Gasteiger partial charge >= 0.3 is 0 Å². The molecule has 0 saturated carbocycles. The number of nitrogens with one attached hydrogen (secondary N) is 1. The average Bonchev–Trinajstić information content (AvgIpc) is 3.51. The Hall–Kier alpha value is -3.57. The molecule has 0 spiro atoms. The van der Waals surface area contributed by atoms with Crippen molar-refractivity contribution in [1.29, 1.82) is 0 Å². The van der Waals surface area contributed by atoms with E-state index in [2.05, 4.69) is 61.2 Å². The topological polar surface area (TPSA) is 136 Å². The van der Waals surface area contributed by atoms with Crippen LogP contribution in [0.3, 0.4) is 0 Å². The number of imidazole rings is 1. The van der Waals surface area contributed by atoms with Gasteiger partial charge in [-0.25, -0.2) is 15.0 Å². The highest BCUT2D eigenvalue weighted by Crippen LogP contribution is 2.32. The number of rotatable bonds is 6. The number of nitrogens with two attached hydrogens (primary N) is 1. The predicted molar refractivity (Wildman–Crippen MR) is 128 cm³/mol. The average molecular weight is 460 g/mol. The van der Waals surface area contributed by atoms with Gasteiger partial charge in [0.1, 0.15) is 30.2 Å². The molecule has 2 aromatic carbocycles. The van der Waals surface area contributed by atoms with Crippen LogP contribution >= 0.6 is 0 Å². The van der Waals surface area contributed by atoms with E-state index in [1.54, 1.807) is 4.57 Å². The molecule has 10 nitrogen and oxygen atoms in total. The molecule has 4 heterocycles. The highest BCUT2D eigenvalue weighted by molar-refractivity contribution is 6.07. The summed E-state index contributed by atoms with van der Waals surface area (Å²) in [6.07, 6.45) is -0.760. The molecule has 0 bridgehead atoms. The summed E-state index contributed by atoms with van der Waals surface area (Å²) in [6, 6.07) is 16.8. The van der Waals surface area contributed by atoms with Crippen molar-refractivity contribution in [2.75, 3.05) is 18.8 Å². The van der Waals surface area contributed by atoms with Crippen molar-refractivity contribution >= 4 is 38.8 Å². The van der Waals surface area contributed by atoms with E-state index >= 15 is 0 Å². The molecule has 0 amide bonds. The van der Waals surface area contributed by atoms with E-state index in [1.807, 2.05) is 12.1 Å². The number of hydrogen-bond donors (Lipinski definition) is 4. The number of benzene rings is 2. The molecule has 4 atom stereocenters. The van der Waals surface area contributed by atoms with Crippen molar-refractivity contribution in [2.45, 2.75) is 31.1 Å². The quantitative estimate of drug-likeness (QED) is 0.280. The number of nitrogen functional groups attached to an aromatic ring is 1. The van der Waals surface area contributed by atoms with Crippen LogP contribution in [0.2, 0.25) is 0 Å². The van der Waals surface area contributed by atoms with Crippen LogP contribution in [-0.2, 0) is 11.3 Å². The predicted octanol–water partition coefficient (Wildman–Crippen LogP) is 1.43. The van der Waals surface area contributed by atoms with Gasteiger partial charge in [0.15, 0.2) is 17.7 Å². The third kappa shape index (κ3) is 3.31. The first-order valence-electron chi connectivity index (χ1n) is 11.2. The molecule has 10 heteroatoms. The van der Waals surface area contributed by atoms with E-state index in [0.29, 0.717) is 24.3 Å². The molecule has 1 fully saturated rings. The first-order valence-corrected chi connectivity index (χ1v) is 11.2. The van der Waals surface area contributed by atoms with Gasteiger partial charge in [-0.15, -0.1) is 0 Å². The summed E-state index contributed by atoms with van der Waals surface area (Å²) in [7, 11) is 0. The molecule has 34 heavy (non-hydrogen) atoms. The Kier molecular flexibility index (Phi) is 5.15. The largest absolute Gasteiger partial charge is 0.387 e. The Labute approximate surface area is 194 Å². The maximum atomic E-state index is 10.6. The molecule has 174 valence electrons. The Morgan fingerprint density at radius 3 is 2.38 bits per heavy atom. The van der Waals surface area contributed by atoms with Crippen molar-refractivity contribution in [3.8, 4) is 0 Å². The van der Waals surface area contributed by atoms with Gasteiger partial charge in [0, 0.05) is 41.4 Å². The van der Waals surface area contributed by atoms with E-state index < -0.39 is 24.5 Å². The number of nitrogens with zero attached hydrogens (tertiary/aromatic N) is 5. The number of ether oxygens (including phenoxy) is 1. The van der Waals surface area contributed by atoms with Crippen LogP contribution in [0.5, 0.6) is 0 Å². The van der Waals surface area contributed by atoms with Gasteiger partial charge < -0.3 is 30.6 Å². The summed E-state index contributed by atoms with van der Waals surface area (Å²) in [4.78, 5) is 12.4. The summed E-state index contributed by atoms with van der Waals surface area (Å²) < 4.78 is 9.89. The minimum absolute atomic E-state index is 0.250. The Morgan fingerprint density at radius 2 is 1.65 bits per heavy atom. The van der Waals surface area contributed by atoms with Crippen LogP contribution in [0.1, 0.15) is 6.23 Å². The minimum atomic E-state index is -1.13. The molecule has 0 aliphatic carbocycles. The highest BCUT2D eigenvalue weighted by atomic mass is 16.6. The maximum absolute atomic E-state index is 10.6. The lowest BCUT2D eigenvalue weighted by Gasteiger charge is -2.16. The van der Waals surface area contributed by atoms with Gasteiger partial charge in [0.25, 0.3) is 0 Å². The molecule has 1 saturated heterocycles. The molecule has 3 aromatic heterocycles. The second-order valence-corrected chi connectivity index (χ2v) is 8.52. The summed E-state index contributed by atoms with van der Waals surface area (Å²) in [5.41, 5.74) is 9.11. The second kappa shape index (κ2) is 8.33. The van der Waals surface area contributed by atoms with Gasteiger partial charge in [-0.1, -0.05) is 36.4 Å². The van der Waals surface area contributed by atoms with Gasteiger partial charge in [0.2, 0.25) is 0 Å². The third-order valence-corrected chi connectivity index (χ3v) is 6.54. The number of aromatic nitrogens is 5. The van der Waals surface area contributed by atoms with Crippen molar-refractivity contribution in [2.24, 2.45) is 0 Å². The Morgan fingerprint density at radius 1 is 0.941 bits per heavy atom. The molecule has 1 aliphatic heterocycles. The van der Waals surface area contributed by atoms with Crippen molar-refractivity contribution < 1.29 is 14.9 Å². The summed E-state index contributed by atoms with van der Waals surface area (Å²) in [5, 5.41) is 27.1. The first kappa shape index (κ1) is 21.0. The number of aliphatic hydroxyl groups excluding tert-OH is 2. The molecule has 4 unspecified atom stereocenters. The van der Waals surface area contributed by atoms with Gasteiger partial charge in [-0.3, -0.25) is 4.57 Å². The zero-order chi connectivity index (χ0) is 23.2. The molecular formula is C24H25N7O3. The number of hydrogen-bond acceptors (Lipinski definition) is 8. The number of anilines is 1. The van der Waals surface area contributed by atoms with Crippen molar-refractivity contribution in [3.05, 3.63) is 61.2 Å². The van der Waals surface area contributed by atoms with Gasteiger partial charge in [-0.2, -0.15) is 0 Å². The molecule has 5 aromatic rings. The normalized spacial score (nSPS) is 22.9. The molecule has 6 rings (SSSR count). The van der Waals surface area contributed by atoms with Crippen LogP contribution in [0.25, 0.3) is 33.0 Å². The molecular weight excluding hydrogens is 434 g/mol. The lowest BCUT2D eigenvalue weighted by molar-refractivity contribution is -0.0341. The van der Waals surface area contributed by atoms with Crippen LogP contribution < -0.4 is 11.1 Å². The van der Waals surface area contributed by atoms with E-state index in [-0.39, 0.29) is 5.82 Å². The van der Waals surface area contributed by atoms with E-state index in [0.717, 1.165) is 6.54 Å². The van der Waals surface area contributed by atoms with E-state index in [1.165, 1.54) is 34.5 Å². The zero-order valence-corrected chi connectivity index (χ0v) is 18.3. The Bertz CT molecular complexity index is 1430. The molecule has 0 radical (unpaired) electrons. The van der Waals surface area contributed by atoms with Gasteiger partial charge in [0.05, 0.1) is 6.33 Å². The van der Waals surface area contributed by atoms with E-state index in [9.17, 15) is 10.2 Å². The van der Waals surface area contributed by atoms with Crippen molar-refractivity contribution in [1.82, 2.24) is 29.4 Å². The lowest BCUT2D eigenvalue weighted by Crippen LogP contribution is -2.38. The number of para-hydroxylation sites is 2. The Balaban J connectivity index is 1.15. The van der Waals surface area contributed by atoms with Crippen LogP contribution in [-0.4, -0.2) is 65.7 Å². The molecule has 1 aliphatic rings.